The summed E-state index contributed by atoms with van der Waals surface area (Å²) < 4.78 is 1.03. The standard InChI is InChI=1S/C15H15BrOS/c16-12-7-10-18-13(12)14(17)15(8-4-9-15)11-5-2-1-3-6-11/h1-3,5-7,10,14,17H,4,8-9H2. The number of aliphatic hydroxyl groups is 1. The predicted molar refractivity (Wildman–Crippen MR) is 78.9 cm³/mol. The monoisotopic (exact) mass is 322 g/mol. The molecule has 0 radical (unpaired) electrons. The first kappa shape index (κ1) is 12.4. The molecule has 94 valence electrons. The van der Waals surface area contributed by atoms with Crippen molar-refractivity contribution in [1.29, 1.82) is 0 Å². The lowest BCUT2D eigenvalue weighted by molar-refractivity contribution is 0.0289. The molecule has 3 rings (SSSR count). The van der Waals surface area contributed by atoms with E-state index in [1.165, 1.54) is 12.0 Å². The number of aliphatic hydroxyl groups excluding tert-OH is 1. The van der Waals surface area contributed by atoms with Crippen LogP contribution in [-0.2, 0) is 5.41 Å². The minimum absolute atomic E-state index is 0.0748. The van der Waals surface area contributed by atoms with Crippen LogP contribution in [0.1, 0.15) is 35.8 Å². The van der Waals surface area contributed by atoms with Crippen LogP contribution in [0.2, 0.25) is 0 Å². The molecule has 3 heteroatoms. The molecule has 18 heavy (non-hydrogen) atoms. The lowest BCUT2D eigenvalue weighted by atomic mass is 9.61. The second-order valence-corrected chi connectivity index (χ2v) is 6.71. The van der Waals surface area contributed by atoms with E-state index in [9.17, 15) is 5.11 Å². The van der Waals surface area contributed by atoms with Gasteiger partial charge in [0.1, 0.15) is 0 Å². The van der Waals surface area contributed by atoms with Gasteiger partial charge in [0, 0.05) is 14.8 Å². The zero-order chi connectivity index (χ0) is 12.6. The third-order valence-corrected chi connectivity index (χ3v) is 5.93. The number of benzene rings is 1. The Bertz CT molecular complexity index is 530. The molecule has 1 fully saturated rings. The van der Waals surface area contributed by atoms with Crippen LogP contribution < -0.4 is 0 Å². The molecule has 1 saturated carbocycles. The topological polar surface area (TPSA) is 20.2 Å². The first-order valence-corrected chi connectivity index (χ1v) is 7.88. The highest BCUT2D eigenvalue weighted by Crippen LogP contribution is 2.53. The predicted octanol–water partition coefficient (Wildman–Crippen LogP) is 4.67. The Labute approximate surface area is 120 Å². The van der Waals surface area contributed by atoms with Gasteiger partial charge in [-0.05, 0) is 45.8 Å². The number of hydrogen-bond acceptors (Lipinski definition) is 2. The first-order valence-electron chi connectivity index (χ1n) is 6.20. The van der Waals surface area contributed by atoms with Gasteiger partial charge in [0.15, 0.2) is 0 Å². The third kappa shape index (κ3) is 1.85. The molecule has 2 aromatic rings. The average molecular weight is 323 g/mol. The van der Waals surface area contributed by atoms with Crippen molar-refractivity contribution in [3.05, 3.63) is 56.7 Å². The Morgan fingerprint density at radius 2 is 1.89 bits per heavy atom. The van der Waals surface area contributed by atoms with Crippen LogP contribution in [0.3, 0.4) is 0 Å². The lowest BCUT2D eigenvalue weighted by Gasteiger charge is -2.46. The van der Waals surface area contributed by atoms with Gasteiger partial charge in [0.2, 0.25) is 0 Å². The fourth-order valence-corrected chi connectivity index (χ4v) is 4.49. The number of hydrogen-bond donors (Lipinski definition) is 1. The van der Waals surface area contributed by atoms with E-state index in [1.807, 2.05) is 17.5 Å². The summed E-state index contributed by atoms with van der Waals surface area (Å²) in [7, 11) is 0. The highest BCUT2D eigenvalue weighted by Gasteiger charge is 2.46. The minimum Gasteiger partial charge on any atom is -0.387 e. The second-order valence-electron chi connectivity index (χ2n) is 4.91. The average Bonchev–Trinajstić information content (AvgIpc) is 2.75. The summed E-state index contributed by atoms with van der Waals surface area (Å²) in [6.07, 6.45) is 2.95. The van der Waals surface area contributed by atoms with E-state index < -0.39 is 6.10 Å². The van der Waals surface area contributed by atoms with Crippen LogP contribution in [0.25, 0.3) is 0 Å². The number of thiophene rings is 1. The van der Waals surface area contributed by atoms with Crippen LogP contribution in [-0.4, -0.2) is 5.11 Å². The maximum atomic E-state index is 10.8. The van der Waals surface area contributed by atoms with E-state index in [4.69, 9.17) is 0 Å². The summed E-state index contributed by atoms with van der Waals surface area (Å²) in [6, 6.07) is 12.5. The van der Waals surface area contributed by atoms with Crippen LogP contribution in [0, 0.1) is 0 Å². The van der Waals surface area contributed by atoms with Gasteiger partial charge in [-0.15, -0.1) is 11.3 Å². The van der Waals surface area contributed by atoms with Gasteiger partial charge in [-0.25, -0.2) is 0 Å². The molecular weight excluding hydrogens is 308 g/mol. The van der Waals surface area contributed by atoms with Crippen molar-refractivity contribution < 1.29 is 5.11 Å². The maximum absolute atomic E-state index is 10.8. The Morgan fingerprint density at radius 3 is 2.39 bits per heavy atom. The van der Waals surface area contributed by atoms with E-state index in [0.29, 0.717) is 0 Å². The zero-order valence-corrected chi connectivity index (χ0v) is 12.4. The molecule has 1 aliphatic carbocycles. The van der Waals surface area contributed by atoms with Crippen LogP contribution in [0.5, 0.6) is 0 Å². The molecule has 1 aromatic heterocycles. The molecule has 0 amide bonds. The summed E-state index contributed by atoms with van der Waals surface area (Å²) in [4.78, 5) is 1.05. The lowest BCUT2D eigenvalue weighted by Crippen LogP contribution is -2.40. The highest BCUT2D eigenvalue weighted by molar-refractivity contribution is 9.10. The van der Waals surface area contributed by atoms with Gasteiger partial charge in [0.25, 0.3) is 0 Å². The largest absolute Gasteiger partial charge is 0.387 e. The van der Waals surface area contributed by atoms with Gasteiger partial charge >= 0.3 is 0 Å². The van der Waals surface area contributed by atoms with Gasteiger partial charge in [-0.2, -0.15) is 0 Å². The molecule has 0 bridgehead atoms. The van der Waals surface area contributed by atoms with Crippen LogP contribution in [0.15, 0.2) is 46.3 Å². The van der Waals surface area contributed by atoms with Crippen molar-refractivity contribution in [3.8, 4) is 0 Å². The second kappa shape index (κ2) is 4.80. The zero-order valence-electron chi connectivity index (χ0n) is 9.97. The van der Waals surface area contributed by atoms with E-state index in [0.717, 1.165) is 22.2 Å². The molecule has 0 saturated heterocycles. The van der Waals surface area contributed by atoms with Gasteiger partial charge in [-0.1, -0.05) is 36.8 Å². The molecule has 0 spiro atoms. The van der Waals surface area contributed by atoms with E-state index in [-0.39, 0.29) is 5.41 Å². The fraction of sp³-hybridized carbons (Fsp3) is 0.333. The normalized spacial score (nSPS) is 19.2. The molecule has 1 heterocycles. The van der Waals surface area contributed by atoms with E-state index in [2.05, 4.69) is 40.2 Å². The summed E-state index contributed by atoms with van der Waals surface area (Å²) in [6.45, 7) is 0. The molecule has 1 N–H and O–H groups in total. The van der Waals surface area contributed by atoms with Gasteiger partial charge in [0.05, 0.1) is 6.10 Å². The summed E-state index contributed by atoms with van der Waals surface area (Å²) in [5.41, 5.74) is 1.19. The minimum atomic E-state index is -0.400. The Kier molecular flexibility index (Phi) is 3.31. The molecule has 1 aliphatic rings. The molecule has 1 nitrogen and oxygen atoms in total. The smallest absolute Gasteiger partial charge is 0.0989 e. The van der Waals surface area contributed by atoms with E-state index >= 15 is 0 Å². The SMILES string of the molecule is OC(c1sccc1Br)C1(c2ccccc2)CCC1. The number of halogens is 1. The van der Waals surface area contributed by atoms with Crippen molar-refractivity contribution >= 4 is 27.3 Å². The Hall–Kier alpha value is -0.640. The summed E-state index contributed by atoms with van der Waals surface area (Å²) >= 11 is 5.17. The van der Waals surface area contributed by atoms with E-state index in [1.54, 1.807) is 11.3 Å². The van der Waals surface area contributed by atoms with Gasteiger partial charge in [-0.3, -0.25) is 0 Å². The van der Waals surface area contributed by atoms with Crippen LogP contribution in [0.4, 0.5) is 0 Å². The van der Waals surface area contributed by atoms with Gasteiger partial charge < -0.3 is 5.11 Å². The molecular formula is C15H15BrOS. The van der Waals surface area contributed by atoms with Crippen molar-refractivity contribution in [3.63, 3.8) is 0 Å². The highest BCUT2D eigenvalue weighted by atomic mass is 79.9. The molecule has 0 aliphatic heterocycles. The third-order valence-electron chi connectivity index (χ3n) is 4.01. The maximum Gasteiger partial charge on any atom is 0.0989 e. The van der Waals surface area contributed by atoms with Crippen molar-refractivity contribution in [1.82, 2.24) is 0 Å². The quantitative estimate of drug-likeness (QED) is 0.870. The van der Waals surface area contributed by atoms with Crippen molar-refractivity contribution in [2.24, 2.45) is 0 Å². The van der Waals surface area contributed by atoms with Crippen LogP contribution >= 0.6 is 27.3 Å². The first-order chi connectivity index (χ1) is 8.74. The Morgan fingerprint density at radius 1 is 1.17 bits per heavy atom. The van der Waals surface area contributed by atoms with Crippen molar-refractivity contribution in [2.45, 2.75) is 30.8 Å². The molecule has 1 aromatic carbocycles. The van der Waals surface area contributed by atoms with Crippen molar-refractivity contribution in [2.75, 3.05) is 0 Å². The fourth-order valence-electron chi connectivity index (χ4n) is 2.80. The summed E-state index contributed by atoms with van der Waals surface area (Å²) in [5.74, 6) is 0. The Balaban J connectivity index is 2.00. The molecule has 1 unspecified atom stereocenters. The summed E-state index contributed by atoms with van der Waals surface area (Å²) in [5, 5.41) is 12.8. The number of rotatable bonds is 3. The molecule has 1 atom stereocenters.